The fourth-order valence-electron chi connectivity index (χ4n) is 0.922. The van der Waals surface area contributed by atoms with E-state index in [-0.39, 0.29) is 5.12 Å². The molecule has 4 heteroatoms. The molecule has 14 heavy (non-hydrogen) atoms. The van der Waals surface area contributed by atoms with Crippen molar-refractivity contribution in [2.24, 2.45) is 0 Å². The molecule has 0 heterocycles. The number of carbonyl (C=O) groups is 1. The van der Waals surface area contributed by atoms with Gasteiger partial charge in [0.05, 0.1) is 12.0 Å². The highest BCUT2D eigenvalue weighted by molar-refractivity contribution is 8.12. The second kappa shape index (κ2) is 5.98. The highest BCUT2D eigenvalue weighted by Gasteiger charge is 1.98. The Labute approximate surface area is 92.6 Å². The molecule has 1 aromatic carbocycles. The number of carbonyl (C=O) groups excluding carboxylic acids is 1. The van der Waals surface area contributed by atoms with Crippen molar-refractivity contribution in [2.75, 3.05) is 6.26 Å². The minimum absolute atomic E-state index is 0.148. The maximum Gasteiger partial charge on any atom is 0.186 e. The van der Waals surface area contributed by atoms with Crippen LogP contribution in [0.5, 0.6) is 5.75 Å². The van der Waals surface area contributed by atoms with Gasteiger partial charge in [-0.2, -0.15) is 0 Å². The third-order valence-corrected chi connectivity index (χ3v) is 2.79. The average Bonchev–Trinajstić information content (AvgIpc) is 2.17. The quantitative estimate of drug-likeness (QED) is 0.740. The van der Waals surface area contributed by atoms with E-state index in [1.807, 2.05) is 30.5 Å². The van der Waals surface area contributed by atoms with Crippen LogP contribution in [0.25, 0.3) is 0 Å². The van der Waals surface area contributed by atoms with Crippen LogP contribution in [0.2, 0.25) is 0 Å². The lowest BCUT2D eigenvalue weighted by molar-refractivity contribution is -0.109. The van der Waals surface area contributed by atoms with E-state index in [1.54, 1.807) is 6.92 Å². The van der Waals surface area contributed by atoms with Gasteiger partial charge in [-0.25, -0.2) is 0 Å². The van der Waals surface area contributed by atoms with Gasteiger partial charge in [0.2, 0.25) is 0 Å². The van der Waals surface area contributed by atoms with Crippen LogP contribution in [0.3, 0.4) is 0 Å². The van der Waals surface area contributed by atoms with Gasteiger partial charge in [-0.15, -0.1) is 0 Å². The number of rotatable bonds is 4. The van der Waals surface area contributed by atoms with E-state index in [0.29, 0.717) is 0 Å². The lowest BCUT2D eigenvalue weighted by Crippen LogP contribution is -1.86. The summed E-state index contributed by atoms with van der Waals surface area (Å²) in [6.07, 6.45) is 1.87. The minimum atomic E-state index is 0.148. The van der Waals surface area contributed by atoms with Crippen molar-refractivity contribution in [1.82, 2.24) is 0 Å². The number of hydrogen-bond acceptors (Lipinski definition) is 4. The smallest absolute Gasteiger partial charge is 0.186 e. The van der Waals surface area contributed by atoms with Crippen molar-refractivity contribution in [1.29, 1.82) is 0 Å². The molecule has 0 atom stereocenters. The lowest BCUT2D eigenvalue weighted by Gasteiger charge is -2.02. The Morgan fingerprint density at radius 1 is 1.36 bits per heavy atom. The molecule has 0 fully saturated rings. The Balaban J connectivity index is 2.50. The van der Waals surface area contributed by atoms with Crippen molar-refractivity contribution in [2.45, 2.75) is 12.7 Å². The zero-order valence-corrected chi connectivity index (χ0v) is 9.78. The molecule has 0 radical (unpaired) electrons. The number of thioether (sulfide) groups is 1. The maximum absolute atomic E-state index is 10.7. The van der Waals surface area contributed by atoms with Crippen molar-refractivity contribution < 1.29 is 8.98 Å². The first-order chi connectivity index (χ1) is 6.72. The zero-order valence-electron chi connectivity index (χ0n) is 8.15. The largest absolute Gasteiger partial charge is 0.426 e. The summed E-state index contributed by atoms with van der Waals surface area (Å²) in [6, 6.07) is 7.77. The first-order valence-corrected chi connectivity index (χ1v) is 6.29. The molecule has 0 saturated carbocycles. The molecule has 0 aliphatic heterocycles. The van der Waals surface area contributed by atoms with Gasteiger partial charge in [0.15, 0.2) is 5.12 Å². The van der Waals surface area contributed by atoms with Crippen LogP contribution in [0, 0.1) is 0 Å². The topological polar surface area (TPSA) is 26.3 Å². The Bertz CT molecular complexity index is 295. The molecule has 0 N–H and O–H groups in total. The Hall–Kier alpha value is -0.610. The molecule has 0 amide bonds. The average molecular weight is 228 g/mol. The van der Waals surface area contributed by atoms with Gasteiger partial charge in [0.25, 0.3) is 0 Å². The third kappa shape index (κ3) is 4.07. The summed E-state index contributed by atoms with van der Waals surface area (Å²) in [6.45, 7) is 1.58. The van der Waals surface area contributed by atoms with E-state index in [4.69, 9.17) is 4.18 Å². The maximum atomic E-state index is 10.7. The lowest BCUT2D eigenvalue weighted by atomic mass is 10.2. The Morgan fingerprint density at radius 2 is 2.00 bits per heavy atom. The molecule has 1 aromatic rings. The molecule has 0 bridgehead atoms. The van der Waals surface area contributed by atoms with Gasteiger partial charge in [0.1, 0.15) is 5.75 Å². The molecule has 0 unspecified atom stereocenters. The number of hydrogen-bond donors (Lipinski definition) is 0. The predicted molar refractivity (Wildman–Crippen MR) is 62.6 cm³/mol. The van der Waals surface area contributed by atoms with Gasteiger partial charge in [-0.05, 0) is 17.7 Å². The summed E-state index contributed by atoms with van der Waals surface area (Å²) in [4.78, 5) is 10.7. The summed E-state index contributed by atoms with van der Waals surface area (Å²) in [7, 11) is 0. The monoisotopic (exact) mass is 228 g/mol. The molecule has 0 aliphatic carbocycles. The first-order valence-electron chi connectivity index (χ1n) is 4.15. The van der Waals surface area contributed by atoms with E-state index >= 15 is 0 Å². The number of benzene rings is 1. The molecule has 76 valence electrons. The highest BCUT2D eigenvalue weighted by atomic mass is 32.2. The summed E-state index contributed by atoms with van der Waals surface area (Å²) >= 11 is 2.64. The summed E-state index contributed by atoms with van der Waals surface area (Å²) in [5.41, 5.74) is 1.14. The van der Waals surface area contributed by atoms with E-state index in [9.17, 15) is 4.79 Å². The molecule has 0 aromatic heterocycles. The van der Waals surface area contributed by atoms with Gasteiger partial charge < -0.3 is 4.18 Å². The van der Waals surface area contributed by atoms with E-state index in [2.05, 4.69) is 0 Å². The molecule has 0 spiro atoms. The summed E-state index contributed by atoms with van der Waals surface area (Å²) < 4.78 is 5.23. The predicted octanol–water partition coefficient (Wildman–Crippen LogP) is 3.12. The normalized spacial score (nSPS) is 9.86. The van der Waals surface area contributed by atoms with Gasteiger partial charge >= 0.3 is 0 Å². The highest BCUT2D eigenvalue weighted by Crippen LogP contribution is 2.19. The molecule has 0 saturated heterocycles. The van der Waals surface area contributed by atoms with E-state index in [0.717, 1.165) is 17.1 Å². The van der Waals surface area contributed by atoms with E-state index < -0.39 is 0 Å². The standard InChI is InChI=1S/C10H12O2S2/c1-8(11)14-7-9-3-5-10(6-4-9)12-13-2/h3-6H,7H2,1-2H3. The second-order valence-corrected chi connectivity index (χ2v) is 4.33. The minimum Gasteiger partial charge on any atom is -0.426 e. The molecular formula is C10H12O2S2. The second-order valence-electron chi connectivity index (χ2n) is 2.67. The molecule has 2 nitrogen and oxygen atoms in total. The van der Waals surface area contributed by atoms with E-state index in [1.165, 1.54) is 23.8 Å². The fourth-order valence-corrected chi connectivity index (χ4v) is 1.79. The van der Waals surface area contributed by atoms with Crippen molar-refractivity contribution in [3.05, 3.63) is 29.8 Å². The van der Waals surface area contributed by atoms with Crippen LogP contribution in [0.15, 0.2) is 24.3 Å². The van der Waals surface area contributed by atoms with Gasteiger partial charge in [-0.3, -0.25) is 4.79 Å². The zero-order chi connectivity index (χ0) is 10.4. The van der Waals surface area contributed by atoms with Crippen LogP contribution in [-0.2, 0) is 10.5 Å². The van der Waals surface area contributed by atoms with Crippen LogP contribution >= 0.6 is 23.8 Å². The fraction of sp³-hybridized carbons (Fsp3) is 0.300. The molecule has 0 aliphatic rings. The first kappa shape index (κ1) is 11.5. The van der Waals surface area contributed by atoms with Crippen LogP contribution in [0.4, 0.5) is 0 Å². The Morgan fingerprint density at radius 3 is 2.50 bits per heavy atom. The van der Waals surface area contributed by atoms with Crippen molar-refractivity contribution >= 4 is 28.9 Å². The van der Waals surface area contributed by atoms with Crippen LogP contribution in [-0.4, -0.2) is 11.4 Å². The third-order valence-electron chi connectivity index (χ3n) is 1.55. The SMILES string of the molecule is CSOc1ccc(CSC(C)=O)cc1. The Kier molecular flexibility index (Phi) is 4.90. The summed E-state index contributed by atoms with van der Waals surface area (Å²) in [5, 5.41) is 0.148. The molecule has 1 rings (SSSR count). The summed E-state index contributed by atoms with van der Waals surface area (Å²) in [5.74, 6) is 1.57. The van der Waals surface area contributed by atoms with Gasteiger partial charge in [-0.1, -0.05) is 23.9 Å². The van der Waals surface area contributed by atoms with Crippen molar-refractivity contribution in [3.63, 3.8) is 0 Å². The van der Waals surface area contributed by atoms with Crippen molar-refractivity contribution in [3.8, 4) is 5.75 Å². The molecular weight excluding hydrogens is 216 g/mol. The van der Waals surface area contributed by atoms with Gasteiger partial charge in [0, 0.05) is 18.9 Å². The van der Waals surface area contributed by atoms with Crippen LogP contribution in [0.1, 0.15) is 12.5 Å². The van der Waals surface area contributed by atoms with Crippen LogP contribution < -0.4 is 4.18 Å².